The lowest BCUT2D eigenvalue weighted by Gasteiger charge is -2.25. The van der Waals surface area contributed by atoms with Gasteiger partial charge < -0.3 is 20.5 Å². The Hall–Kier alpha value is -0.910. The molecule has 3 N–H and O–H groups in total. The highest BCUT2D eigenvalue weighted by Crippen LogP contribution is 2.24. The maximum atomic E-state index is 11.0. The van der Waals surface area contributed by atoms with E-state index in [-0.39, 0.29) is 11.9 Å². The smallest absolute Gasteiger partial charge is 0.221 e. The predicted octanol–water partition coefficient (Wildman–Crippen LogP) is 0.444. The highest BCUT2D eigenvalue weighted by Gasteiger charge is 2.22. The number of nitrogens with one attached hydrogen (secondary N) is 2. The largest absolute Gasteiger partial charge is 0.389 e. The van der Waals surface area contributed by atoms with Crippen molar-refractivity contribution in [3.8, 4) is 0 Å². The van der Waals surface area contributed by atoms with E-state index >= 15 is 0 Å². The Bertz CT molecular complexity index is 346. The van der Waals surface area contributed by atoms with Crippen molar-refractivity contribution in [2.75, 3.05) is 26.3 Å². The summed E-state index contributed by atoms with van der Waals surface area (Å²) >= 11 is 0. The van der Waals surface area contributed by atoms with Crippen LogP contribution < -0.4 is 10.6 Å². The normalized spacial score (nSPS) is 31.3. The fourth-order valence-electron chi connectivity index (χ4n) is 2.71. The Morgan fingerprint density at radius 1 is 1.50 bits per heavy atom. The van der Waals surface area contributed by atoms with Crippen molar-refractivity contribution in [2.45, 2.75) is 38.3 Å². The summed E-state index contributed by atoms with van der Waals surface area (Å²) in [6, 6.07) is 0.139. The first-order chi connectivity index (χ1) is 9.65. The van der Waals surface area contributed by atoms with E-state index in [9.17, 15) is 9.90 Å². The van der Waals surface area contributed by atoms with Crippen LogP contribution in [0.2, 0.25) is 0 Å². The van der Waals surface area contributed by atoms with Gasteiger partial charge in [-0.1, -0.05) is 19.1 Å². The van der Waals surface area contributed by atoms with Gasteiger partial charge in [0.2, 0.25) is 5.91 Å². The van der Waals surface area contributed by atoms with Crippen molar-refractivity contribution < 1.29 is 14.6 Å². The van der Waals surface area contributed by atoms with Gasteiger partial charge in [-0.3, -0.25) is 4.79 Å². The number of aliphatic hydroxyl groups is 1. The van der Waals surface area contributed by atoms with Crippen LogP contribution >= 0.6 is 0 Å². The number of rotatable bonds is 7. The lowest BCUT2D eigenvalue weighted by molar-refractivity contribution is -0.119. The summed E-state index contributed by atoms with van der Waals surface area (Å²) < 4.78 is 5.64. The third kappa shape index (κ3) is 4.89. The van der Waals surface area contributed by atoms with E-state index < -0.39 is 6.10 Å². The van der Waals surface area contributed by atoms with E-state index in [1.54, 1.807) is 0 Å². The Morgan fingerprint density at radius 3 is 3.00 bits per heavy atom. The molecule has 20 heavy (non-hydrogen) atoms. The zero-order chi connectivity index (χ0) is 14.4. The van der Waals surface area contributed by atoms with Gasteiger partial charge in [0.1, 0.15) is 0 Å². The molecule has 1 aliphatic carbocycles. The van der Waals surface area contributed by atoms with E-state index in [1.807, 2.05) is 0 Å². The minimum absolute atomic E-state index is 0.0765. The van der Waals surface area contributed by atoms with Crippen molar-refractivity contribution in [3.05, 3.63) is 12.2 Å². The molecule has 1 heterocycles. The summed E-state index contributed by atoms with van der Waals surface area (Å²) in [6.45, 7) is 4.44. The number of carbonyl (C=O) groups is 1. The molecule has 4 atom stereocenters. The first-order valence-electron chi connectivity index (χ1n) is 7.56. The van der Waals surface area contributed by atoms with Crippen molar-refractivity contribution in [3.63, 3.8) is 0 Å². The molecule has 1 saturated heterocycles. The molecule has 114 valence electrons. The zero-order valence-electron chi connectivity index (χ0n) is 12.2. The monoisotopic (exact) mass is 282 g/mol. The van der Waals surface area contributed by atoms with Gasteiger partial charge >= 0.3 is 0 Å². The van der Waals surface area contributed by atoms with Gasteiger partial charge in [0.05, 0.1) is 19.3 Å². The molecular weight excluding hydrogens is 256 g/mol. The molecule has 1 aliphatic heterocycles. The molecular formula is C15H26N2O3. The van der Waals surface area contributed by atoms with Crippen LogP contribution in [0.25, 0.3) is 0 Å². The molecule has 0 spiro atoms. The van der Waals surface area contributed by atoms with Crippen LogP contribution in [0.3, 0.4) is 0 Å². The molecule has 1 amide bonds. The fourth-order valence-corrected chi connectivity index (χ4v) is 2.71. The Morgan fingerprint density at radius 2 is 2.30 bits per heavy atom. The summed E-state index contributed by atoms with van der Waals surface area (Å²) in [5.74, 6) is 1.30. The van der Waals surface area contributed by atoms with E-state index in [4.69, 9.17) is 4.74 Å². The molecule has 0 aromatic heterocycles. The van der Waals surface area contributed by atoms with Crippen LogP contribution in [0.4, 0.5) is 0 Å². The third-order valence-corrected chi connectivity index (χ3v) is 4.18. The van der Waals surface area contributed by atoms with Crippen LogP contribution in [-0.2, 0) is 9.53 Å². The van der Waals surface area contributed by atoms with Gasteiger partial charge in [-0.05, 0) is 24.7 Å². The standard InChI is InChI=1S/C15H26N2O3/c1-11-4-2-3-5-12(11)9-20-10-14(18)8-16-13-6-15(19)17-7-13/h2-3,11-14,16,18H,4-10H2,1H3,(H,17,19). The molecule has 4 unspecified atom stereocenters. The highest BCUT2D eigenvalue weighted by atomic mass is 16.5. The predicted molar refractivity (Wildman–Crippen MR) is 77.3 cm³/mol. The minimum atomic E-state index is -0.514. The average Bonchev–Trinajstić information content (AvgIpc) is 2.84. The number of carbonyl (C=O) groups excluding carboxylic acids is 1. The van der Waals surface area contributed by atoms with Gasteiger partial charge in [-0.2, -0.15) is 0 Å². The maximum Gasteiger partial charge on any atom is 0.221 e. The van der Waals surface area contributed by atoms with Crippen molar-refractivity contribution >= 4 is 5.91 Å². The van der Waals surface area contributed by atoms with Gasteiger partial charge in [0.25, 0.3) is 0 Å². The van der Waals surface area contributed by atoms with E-state index in [0.29, 0.717) is 44.6 Å². The summed E-state index contributed by atoms with van der Waals surface area (Å²) in [4.78, 5) is 11.0. The number of allylic oxidation sites excluding steroid dienone is 2. The summed E-state index contributed by atoms with van der Waals surface area (Å²) in [5.41, 5.74) is 0. The highest BCUT2D eigenvalue weighted by molar-refractivity contribution is 5.78. The van der Waals surface area contributed by atoms with Gasteiger partial charge in [0.15, 0.2) is 0 Å². The molecule has 0 bridgehead atoms. The van der Waals surface area contributed by atoms with E-state index in [1.165, 1.54) is 0 Å². The molecule has 5 nitrogen and oxygen atoms in total. The fraction of sp³-hybridized carbons (Fsp3) is 0.800. The topological polar surface area (TPSA) is 70.6 Å². The van der Waals surface area contributed by atoms with Crippen molar-refractivity contribution in [1.29, 1.82) is 0 Å². The Kier molecular flexibility index (Phi) is 6.01. The van der Waals surface area contributed by atoms with Gasteiger partial charge in [-0.25, -0.2) is 0 Å². The summed E-state index contributed by atoms with van der Waals surface area (Å²) in [7, 11) is 0. The second-order valence-corrected chi connectivity index (χ2v) is 5.98. The van der Waals surface area contributed by atoms with Crippen LogP contribution in [0.15, 0.2) is 12.2 Å². The molecule has 2 rings (SSSR count). The van der Waals surface area contributed by atoms with Crippen molar-refractivity contribution in [2.24, 2.45) is 11.8 Å². The first kappa shape index (κ1) is 15.5. The van der Waals surface area contributed by atoms with Crippen molar-refractivity contribution in [1.82, 2.24) is 10.6 Å². The molecule has 0 radical (unpaired) electrons. The van der Waals surface area contributed by atoms with Crippen LogP contribution in [-0.4, -0.2) is 49.5 Å². The maximum absolute atomic E-state index is 11.0. The minimum Gasteiger partial charge on any atom is -0.389 e. The molecule has 0 aromatic rings. The summed E-state index contributed by atoms with van der Waals surface area (Å²) in [6.07, 6.45) is 6.64. The van der Waals surface area contributed by atoms with Crippen LogP contribution in [0.1, 0.15) is 26.2 Å². The second-order valence-electron chi connectivity index (χ2n) is 5.98. The van der Waals surface area contributed by atoms with Gasteiger partial charge in [-0.15, -0.1) is 0 Å². The van der Waals surface area contributed by atoms with Gasteiger partial charge in [0, 0.05) is 25.6 Å². The van der Waals surface area contributed by atoms with E-state index in [2.05, 4.69) is 29.7 Å². The lowest BCUT2D eigenvalue weighted by atomic mass is 9.85. The number of amides is 1. The van der Waals surface area contributed by atoms with Crippen LogP contribution in [0, 0.1) is 11.8 Å². The zero-order valence-corrected chi connectivity index (χ0v) is 12.2. The molecule has 5 heteroatoms. The Balaban J connectivity index is 1.54. The molecule has 2 aliphatic rings. The molecule has 1 fully saturated rings. The SMILES string of the molecule is CC1CC=CCC1COCC(O)CNC1CNC(=O)C1. The molecule has 0 aromatic carbocycles. The summed E-state index contributed by atoms with van der Waals surface area (Å²) in [5, 5.41) is 15.8. The first-order valence-corrected chi connectivity index (χ1v) is 7.56. The van der Waals surface area contributed by atoms with E-state index in [0.717, 1.165) is 12.8 Å². The average molecular weight is 282 g/mol. The van der Waals surface area contributed by atoms with Crippen LogP contribution in [0.5, 0.6) is 0 Å². The number of ether oxygens (including phenoxy) is 1. The lowest BCUT2D eigenvalue weighted by Crippen LogP contribution is -2.38. The number of aliphatic hydroxyl groups excluding tert-OH is 1. The number of hydrogen-bond donors (Lipinski definition) is 3. The second kappa shape index (κ2) is 7.76. The molecule has 0 saturated carbocycles. The number of hydrogen-bond acceptors (Lipinski definition) is 4. The Labute approximate surface area is 120 Å². The third-order valence-electron chi connectivity index (χ3n) is 4.18. The quantitative estimate of drug-likeness (QED) is 0.593.